The SMILES string of the molecule is CC1(C)c2ccccc2N2c3c(ccc(N(c4ccc(-c5ccccc5)cc4)c4ccc(-c5cccc6ccccc56)cc4)c31)Oc1ccc3ccccc3c12. The van der Waals surface area contributed by atoms with Gasteiger partial charge in [-0.25, -0.2) is 0 Å². The predicted molar refractivity (Wildman–Crippen MR) is 234 cm³/mol. The second-order valence-corrected chi connectivity index (χ2v) is 15.3. The quantitative estimate of drug-likeness (QED) is 0.176. The molecule has 0 saturated carbocycles. The van der Waals surface area contributed by atoms with Crippen molar-refractivity contribution in [3.63, 3.8) is 0 Å². The van der Waals surface area contributed by atoms with Crippen LogP contribution in [0.15, 0.2) is 194 Å². The zero-order valence-electron chi connectivity index (χ0n) is 31.3. The summed E-state index contributed by atoms with van der Waals surface area (Å²) in [5, 5.41) is 4.85. The van der Waals surface area contributed by atoms with Crippen LogP contribution in [0, 0.1) is 0 Å². The average molecular weight is 719 g/mol. The van der Waals surface area contributed by atoms with Gasteiger partial charge >= 0.3 is 0 Å². The molecule has 0 atom stereocenters. The number of ether oxygens (including phenoxy) is 1. The summed E-state index contributed by atoms with van der Waals surface area (Å²) < 4.78 is 6.89. The van der Waals surface area contributed by atoms with Crippen LogP contribution in [0.2, 0.25) is 0 Å². The topological polar surface area (TPSA) is 15.7 Å². The highest BCUT2D eigenvalue weighted by molar-refractivity contribution is 6.07. The maximum absolute atomic E-state index is 6.89. The first-order chi connectivity index (χ1) is 27.5. The van der Waals surface area contributed by atoms with Gasteiger partial charge in [0.15, 0.2) is 11.5 Å². The number of hydrogen-bond donors (Lipinski definition) is 0. The van der Waals surface area contributed by atoms with Gasteiger partial charge in [-0.15, -0.1) is 0 Å². The van der Waals surface area contributed by atoms with Crippen LogP contribution in [0.5, 0.6) is 11.5 Å². The largest absolute Gasteiger partial charge is 0.453 e. The second-order valence-electron chi connectivity index (χ2n) is 15.3. The van der Waals surface area contributed by atoms with E-state index < -0.39 is 0 Å². The molecule has 0 aliphatic carbocycles. The molecule has 3 heteroatoms. The summed E-state index contributed by atoms with van der Waals surface area (Å²) in [5.41, 5.74) is 13.6. The maximum Gasteiger partial charge on any atom is 0.152 e. The molecule has 0 fully saturated rings. The van der Waals surface area contributed by atoms with Crippen molar-refractivity contribution in [2.45, 2.75) is 19.3 Å². The van der Waals surface area contributed by atoms with Gasteiger partial charge in [0.1, 0.15) is 0 Å². The molecule has 0 radical (unpaired) electrons. The summed E-state index contributed by atoms with van der Waals surface area (Å²) in [4.78, 5) is 4.90. The Labute approximate surface area is 327 Å². The third-order valence-electron chi connectivity index (χ3n) is 11.8. The van der Waals surface area contributed by atoms with Crippen molar-refractivity contribution >= 4 is 55.7 Å². The van der Waals surface area contributed by atoms with Gasteiger partial charge in [-0.1, -0.05) is 159 Å². The highest BCUT2D eigenvalue weighted by Crippen LogP contribution is 2.63. The van der Waals surface area contributed by atoms with Crippen molar-refractivity contribution in [3.05, 3.63) is 205 Å². The summed E-state index contributed by atoms with van der Waals surface area (Å²) in [6.45, 7) is 4.72. The van der Waals surface area contributed by atoms with Crippen LogP contribution in [0.25, 0.3) is 43.8 Å². The van der Waals surface area contributed by atoms with E-state index in [0.717, 1.165) is 39.9 Å². The third-order valence-corrected chi connectivity index (χ3v) is 11.8. The lowest BCUT2D eigenvalue weighted by atomic mass is 9.72. The first-order valence-electron chi connectivity index (χ1n) is 19.4. The molecule has 266 valence electrons. The van der Waals surface area contributed by atoms with Crippen molar-refractivity contribution in [1.82, 2.24) is 0 Å². The van der Waals surface area contributed by atoms with Gasteiger partial charge in [-0.3, -0.25) is 0 Å². The van der Waals surface area contributed by atoms with Crippen LogP contribution in [-0.2, 0) is 5.41 Å². The first-order valence-corrected chi connectivity index (χ1v) is 19.4. The second kappa shape index (κ2) is 12.5. The van der Waals surface area contributed by atoms with Gasteiger partial charge in [0, 0.05) is 27.7 Å². The Morgan fingerprint density at radius 3 is 1.79 bits per heavy atom. The highest BCUT2D eigenvalue weighted by atomic mass is 16.5. The highest BCUT2D eigenvalue weighted by Gasteiger charge is 2.44. The Kier molecular flexibility index (Phi) is 7.20. The fraction of sp³-hybridized carbons (Fsp3) is 0.0566. The van der Waals surface area contributed by atoms with Gasteiger partial charge in [0.25, 0.3) is 0 Å². The minimum Gasteiger partial charge on any atom is -0.453 e. The van der Waals surface area contributed by atoms with Gasteiger partial charge in [-0.2, -0.15) is 0 Å². The molecule has 3 nitrogen and oxygen atoms in total. The summed E-state index contributed by atoms with van der Waals surface area (Å²) in [5.74, 6) is 1.72. The molecule has 0 N–H and O–H groups in total. The van der Waals surface area contributed by atoms with E-state index in [1.165, 1.54) is 60.6 Å². The Morgan fingerprint density at radius 2 is 1.02 bits per heavy atom. The Morgan fingerprint density at radius 1 is 0.446 bits per heavy atom. The Hall–Kier alpha value is -7.10. The molecule has 0 unspecified atom stereocenters. The van der Waals surface area contributed by atoms with E-state index in [-0.39, 0.29) is 5.41 Å². The monoisotopic (exact) mass is 718 g/mol. The smallest absolute Gasteiger partial charge is 0.152 e. The zero-order valence-corrected chi connectivity index (χ0v) is 31.3. The van der Waals surface area contributed by atoms with Crippen molar-refractivity contribution in [3.8, 4) is 33.8 Å². The summed E-state index contributed by atoms with van der Waals surface area (Å²) in [7, 11) is 0. The lowest BCUT2D eigenvalue weighted by Crippen LogP contribution is -2.34. The molecule has 0 aromatic heterocycles. The van der Waals surface area contributed by atoms with Crippen LogP contribution in [0.1, 0.15) is 25.0 Å². The predicted octanol–water partition coefficient (Wildman–Crippen LogP) is 15.0. The fourth-order valence-corrected chi connectivity index (χ4v) is 9.15. The molecule has 2 aliphatic heterocycles. The van der Waals surface area contributed by atoms with Crippen LogP contribution in [-0.4, -0.2) is 0 Å². The minimum atomic E-state index is -0.371. The van der Waals surface area contributed by atoms with Crippen LogP contribution in [0.4, 0.5) is 34.1 Å². The molecule has 11 rings (SSSR count). The van der Waals surface area contributed by atoms with Crippen molar-refractivity contribution in [2.75, 3.05) is 9.80 Å². The van der Waals surface area contributed by atoms with Gasteiger partial charge in [-0.05, 0) is 92.5 Å². The Bertz CT molecular complexity index is 2960. The van der Waals surface area contributed by atoms with Crippen LogP contribution in [0.3, 0.4) is 0 Å². The number of rotatable bonds is 5. The number of fused-ring (bicyclic) bond motifs is 7. The summed E-state index contributed by atoms with van der Waals surface area (Å²) in [6.07, 6.45) is 0. The van der Waals surface area contributed by atoms with Crippen molar-refractivity contribution < 1.29 is 4.74 Å². The van der Waals surface area contributed by atoms with Crippen molar-refractivity contribution in [1.29, 1.82) is 0 Å². The number of hydrogen-bond acceptors (Lipinski definition) is 3. The van der Waals surface area contributed by atoms with E-state index in [1.54, 1.807) is 0 Å². The van der Waals surface area contributed by atoms with E-state index >= 15 is 0 Å². The molecule has 9 aromatic carbocycles. The molecule has 2 heterocycles. The molecule has 56 heavy (non-hydrogen) atoms. The summed E-state index contributed by atoms with van der Waals surface area (Å²) in [6, 6.07) is 70.1. The molecule has 0 bridgehead atoms. The zero-order chi connectivity index (χ0) is 37.4. The average Bonchev–Trinajstić information content (AvgIpc) is 3.26. The molecule has 9 aromatic rings. The van der Waals surface area contributed by atoms with Gasteiger partial charge < -0.3 is 14.5 Å². The van der Waals surface area contributed by atoms with Crippen molar-refractivity contribution in [2.24, 2.45) is 0 Å². The van der Waals surface area contributed by atoms with E-state index in [2.05, 4.69) is 218 Å². The molecular weight excluding hydrogens is 681 g/mol. The minimum absolute atomic E-state index is 0.371. The lowest BCUT2D eigenvalue weighted by Gasteiger charge is -2.47. The van der Waals surface area contributed by atoms with E-state index in [9.17, 15) is 0 Å². The number of nitrogens with zero attached hydrogens (tertiary/aromatic N) is 2. The van der Waals surface area contributed by atoms with Crippen LogP contribution >= 0.6 is 0 Å². The molecule has 2 aliphatic rings. The maximum atomic E-state index is 6.89. The molecule has 0 amide bonds. The molecule has 0 spiro atoms. The molecule has 0 saturated heterocycles. The third kappa shape index (κ3) is 4.91. The Balaban J connectivity index is 1.14. The summed E-state index contributed by atoms with van der Waals surface area (Å²) >= 11 is 0. The van der Waals surface area contributed by atoms with E-state index in [0.29, 0.717) is 0 Å². The van der Waals surface area contributed by atoms with Gasteiger partial charge in [0.05, 0.1) is 22.7 Å². The lowest BCUT2D eigenvalue weighted by molar-refractivity contribution is 0.472. The van der Waals surface area contributed by atoms with Gasteiger partial charge in [0.2, 0.25) is 0 Å². The first kappa shape index (κ1) is 32.3. The number of para-hydroxylation sites is 1. The number of anilines is 6. The normalized spacial score (nSPS) is 13.4. The van der Waals surface area contributed by atoms with E-state index in [1.807, 2.05) is 0 Å². The molecular formula is C53H38N2O. The number of benzene rings is 9. The fourth-order valence-electron chi connectivity index (χ4n) is 9.15. The standard InChI is InChI=1S/C53H38N2O/c1-53(2)45-21-10-11-22-46(45)55-51-44-19-9-7-16-38(44)27-33-48(51)56-49-34-32-47(50(53)52(49)55)54(40-28-23-36(24-29-40)35-13-4-3-5-14-35)41-30-25-39(26-31-41)43-20-12-17-37-15-6-8-18-42(37)43/h3-34H,1-2H3. The van der Waals surface area contributed by atoms with Crippen LogP contribution < -0.4 is 14.5 Å². The van der Waals surface area contributed by atoms with E-state index in [4.69, 9.17) is 4.74 Å².